The number of hydrogen-bond donors (Lipinski definition) is 1. The molecule has 0 bridgehead atoms. The Morgan fingerprint density at radius 1 is 1.06 bits per heavy atom. The molecule has 0 unspecified atom stereocenters. The normalized spacial score (nSPS) is 12.2. The number of fused-ring (bicyclic) bond motifs is 1. The summed E-state index contributed by atoms with van der Waals surface area (Å²) >= 11 is 0. The van der Waals surface area contributed by atoms with E-state index in [0.717, 1.165) is 28.5 Å². The fraction of sp³-hybridized carbons (Fsp3) is 0.346. The molecule has 1 heterocycles. The first-order chi connectivity index (χ1) is 15.7. The van der Waals surface area contributed by atoms with E-state index < -0.39 is 23.7 Å². The molecule has 0 spiro atoms. The van der Waals surface area contributed by atoms with Crippen molar-refractivity contribution in [3.8, 4) is 11.6 Å². The van der Waals surface area contributed by atoms with Crippen molar-refractivity contribution >= 4 is 22.8 Å². The molecule has 3 aromatic rings. The molecule has 0 aliphatic carbocycles. The van der Waals surface area contributed by atoms with E-state index >= 15 is 0 Å². The van der Waals surface area contributed by atoms with E-state index in [1.54, 1.807) is 20.8 Å². The van der Waals surface area contributed by atoms with Crippen LogP contribution in [0.25, 0.3) is 10.8 Å². The average Bonchev–Trinajstić information content (AvgIpc) is 2.78. The molecule has 1 aromatic heterocycles. The van der Waals surface area contributed by atoms with Gasteiger partial charge in [-0.05, 0) is 62.4 Å². The third-order valence-electron chi connectivity index (χ3n) is 4.88. The largest absolute Gasteiger partial charge is 0.467 e. The third-order valence-corrected chi connectivity index (χ3v) is 4.88. The number of amides is 1. The third kappa shape index (κ3) is 6.68. The summed E-state index contributed by atoms with van der Waals surface area (Å²) in [5.74, 6) is 0.629. The van der Waals surface area contributed by atoms with E-state index in [4.69, 9.17) is 14.2 Å². The molecule has 0 aliphatic heterocycles. The zero-order valence-corrected chi connectivity index (χ0v) is 19.7. The first-order valence-electron chi connectivity index (χ1n) is 10.9. The highest BCUT2D eigenvalue weighted by molar-refractivity contribution is 5.87. The first kappa shape index (κ1) is 24.0. The van der Waals surface area contributed by atoms with Crippen LogP contribution in [0.2, 0.25) is 0 Å². The summed E-state index contributed by atoms with van der Waals surface area (Å²) in [6.07, 6.45) is 0.380. The number of carbonyl (C=O) groups excluding carboxylic acids is 2. The fourth-order valence-electron chi connectivity index (χ4n) is 3.31. The second-order valence-corrected chi connectivity index (χ2v) is 8.67. The van der Waals surface area contributed by atoms with E-state index in [1.165, 1.54) is 7.11 Å². The smallest absolute Gasteiger partial charge is 0.408 e. The number of ether oxygens (including phenoxy) is 3. The number of aryl methyl sites for hydroxylation is 1. The van der Waals surface area contributed by atoms with Gasteiger partial charge in [0.15, 0.2) is 0 Å². The quantitative estimate of drug-likeness (QED) is 0.498. The Bertz CT molecular complexity index is 1120. The molecule has 0 aliphatic rings. The van der Waals surface area contributed by atoms with Gasteiger partial charge in [0.1, 0.15) is 17.4 Å². The van der Waals surface area contributed by atoms with Gasteiger partial charge in [0.05, 0.1) is 7.11 Å². The van der Waals surface area contributed by atoms with Crippen molar-refractivity contribution in [2.75, 3.05) is 7.11 Å². The van der Waals surface area contributed by atoms with Gasteiger partial charge in [-0.25, -0.2) is 14.6 Å². The van der Waals surface area contributed by atoms with Crippen LogP contribution < -0.4 is 10.1 Å². The molecule has 1 amide bonds. The number of benzene rings is 2. The van der Waals surface area contributed by atoms with Crippen molar-refractivity contribution in [3.05, 3.63) is 65.9 Å². The predicted octanol–water partition coefficient (Wildman–Crippen LogP) is 5.20. The molecular formula is C26H30N2O5. The highest BCUT2D eigenvalue weighted by Gasteiger charge is 2.25. The lowest BCUT2D eigenvalue weighted by Gasteiger charge is -2.22. The first-order valence-corrected chi connectivity index (χ1v) is 10.9. The zero-order valence-electron chi connectivity index (χ0n) is 19.7. The van der Waals surface area contributed by atoms with Crippen LogP contribution in [0.5, 0.6) is 11.6 Å². The number of methoxy groups -OCH3 is 1. The van der Waals surface area contributed by atoms with Crippen LogP contribution in [-0.4, -0.2) is 35.8 Å². The molecule has 174 valence electrons. The maximum atomic E-state index is 12.2. The second kappa shape index (κ2) is 10.3. The van der Waals surface area contributed by atoms with Crippen LogP contribution in [0.15, 0.2) is 54.6 Å². The number of alkyl carbamates (subject to hydrolysis) is 1. The van der Waals surface area contributed by atoms with Crippen LogP contribution in [0.4, 0.5) is 4.79 Å². The van der Waals surface area contributed by atoms with Crippen LogP contribution in [-0.2, 0) is 27.1 Å². The summed E-state index contributed by atoms with van der Waals surface area (Å²) in [5, 5.41) is 4.59. The van der Waals surface area contributed by atoms with Gasteiger partial charge in [-0.2, -0.15) is 0 Å². The van der Waals surface area contributed by atoms with Crippen molar-refractivity contribution in [2.24, 2.45) is 0 Å². The lowest BCUT2D eigenvalue weighted by molar-refractivity contribution is -0.143. The van der Waals surface area contributed by atoms with Crippen molar-refractivity contribution in [2.45, 2.75) is 52.2 Å². The maximum Gasteiger partial charge on any atom is 0.408 e. The van der Waals surface area contributed by atoms with Crippen LogP contribution in [0.1, 0.15) is 39.0 Å². The van der Waals surface area contributed by atoms with E-state index in [2.05, 4.69) is 23.3 Å². The molecule has 7 nitrogen and oxygen atoms in total. The van der Waals surface area contributed by atoms with Crippen molar-refractivity contribution in [1.29, 1.82) is 0 Å². The van der Waals surface area contributed by atoms with E-state index in [1.807, 2.05) is 48.5 Å². The lowest BCUT2D eigenvalue weighted by atomic mass is 10.1. The molecule has 1 atom stereocenters. The molecule has 33 heavy (non-hydrogen) atoms. The molecule has 0 fully saturated rings. The summed E-state index contributed by atoms with van der Waals surface area (Å²) < 4.78 is 16.2. The second-order valence-electron chi connectivity index (χ2n) is 8.67. The number of carbonyl (C=O) groups is 2. The highest BCUT2D eigenvalue weighted by atomic mass is 16.6. The number of nitrogens with zero attached hydrogens (tertiary/aromatic N) is 1. The molecule has 2 aromatic carbocycles. The van der Waals surface area contributed by atoms with Crippen molar-refractivity contribution < 1.29 is 23.8 Å². The average molecular weight is 451 g/mol. The van der Waals surface area contributed by atoms with Crippen LogP contribution >= 0.6 is 0 Å². The standard InChI is InChI=1S/C26H30N2O5/c1-6-19-16-18-9-7-8-10-21(18)23(27-19)32-20-13-11-17(12-14-20)15-22(24(29)31-5)28-25(30)33-26(2,3)4/h7-14,16,22H,6,15H2,1-5H3,(H,28,30)/t22-/m0/s1. The number of rotatable bonds is 7. The van der Waals surface area contributed by atoms with E-state index in [9.17, 15) is 9.59 Å². The molecule has 0 saturated carbocycles. The molecule has 0 radical (unpaired) electrons. The Balaban J connectivity index is 1.74. The van der Waals surface area contributed by atoms with E-state index in [0.29, 0.717) is 11.6 Å². The number of hydrogen-bond acceptors (Lipinski definition) is 6. The van der Waals surface area contributed by atoms with Gasteiger partial charge < -0.3 is 19.5 Å². The lowest BCUT2D eigenvalue weighted by Crippen LogP contribution is -2.45. The van der Waals surface area contributed by atoms with Gasteiger partial charge in [-0.1, -0.05) is 37.3 Å². The molecular weight excluding hydrogens is 420 g/mol. The minimum atomic E-state index is -0.872. The van der Waals surface area contributed by atoms with Gasteiger partial charge in [-0.15, -0.1) is 0 Å². The Labute approximate surface area is 194 Å². The predicted molar refractivity (Wildman–Crippen MR) is 127 cm³/mol. The van der Waals surface area contributed by atoms with Crippen molar-refractivity contribution in [3.63, 3.8) is 0 Å². The van der Waals surface area contributed by atoms with Gasteiger partial charge in [-0.3, -0.25) is 0 Å². The van der Waals surface area contributed by atoms with Gasteiger partial charge >= 0.3 is 12.1 Å². The summed E-state index contributed by atoms with van der Waals surface area (Å²) in [7, 11) is 1.28. The topological polar surface area (TPSA) is 86.8 Å². The number of pyridine rings is 1. The van der Waals surface area contributed by atoms with Gasteiger partial charge in [0.25, 0.3) is 0 Å². The Morgan fingerprint density at radius 2 is 1.76 bits per heavy atom. The summed E-state index contributed by atoms with van der Waals surface area (Å²) in [6, 6.07) is 16.5. The zero-order chi connectivity index (χ0) is 24.0. The Morgan fingerprint density at radius 3 is 2.39 bits per heavy atom. The van der Waals surface area contributed by atoms with Crippen molar-refractivity contribution in [1.82, 2.24) is 10.3 Å². The molecule has 7 heteroatoms. The molecule has 1 N–H and O–H groups in total. The summed E-state index contributed by atoms with van der Waals surface area (Å²) in [5.41, 5.74) is 1.11. The minimum Gasteiger partial charge on any atom is -0.467 e. The number of esters is 1. The number of nitrogens with one attached hydrogen (secondary N) is 1. The molecule has 3 rings (SSSR count). The van der Waals surface area contributed by atoms with E-state index in [-0.39, 0.29) is 6.42 Å². The summed E-state index contributed by atoms with van der Waals surface area (Å²) in [4.78, 5) is 29.0. The minimum absolute atomic E-state index is 0.249. The monoisotopic (exact) mass is 450 g/mol. The highest BCUT2D eigenvalue weighted by Crippen LogP contribution is 2.29. The maximum absolute atomic E-state index is 12.2. The summed E-state index contributed by atoms with van der Waals surface area (Å²) in [6.45, 7) is 7.32. The van der Waals surface area contributed by atoms with Gasteiger partial charge in [0.2, 0.25) is 5.88 Å². The van der Waals surface area contributed by atoms with Crippen LogP contribution in [0, 0.1) is 0 Å². The van der Waals surface area contributed by atoms with Gasteiger partial charge in [0, 0.05) is 17.5 Å². The van der Waals surface area contributed by atoms with Crippen LogP contribution in [0.3, 0.4) is 0 Å². The Hall–Kier alpha value is -3.61. The number of aromatic nitrogens is 1. The fourth-order valence-corrected chi connectivity index (χ4v) is 3.31. The SMILES string of the molecule is CCc1cc2ccccc2c(Oc2ccc(C[C@H](NC(=O)OC(C)(C)C)C(=O)OC)cc2)n1. The molecule has 0 saturated heterocycles. The Kier molecular flexibility index (Phi) is 7.53.